The van der Waals surface area contributed by atoms with Crippen LogP contribution >= 0.6 is 0 Å². The van der Waals surface area contributed by atoms with Crippen LogP contribution in [-0.2, 0) is 0 Å². The van der Waals surface area contributed by atoms with Crippen LogP contribution < -0.4 is 18.9 Å². The minimum Gasteiger partial charge on any atom is -1.00 e. The molecule has 2 heteroatoms. The molecule has 0 unspecified atom stereocenters. The van der Waals surface area contributed by atoms with E-state index >= 15 is 0 Å². The van der Waals surface area contributed by atoms with Crippen molar-refractivity contribution in [2.24, 2.45) is 0 Å². The molecular formula is C10H20LiN. The van der Waals surface area contributed by atoms with Gasteiger partial charge < -0.3 is 6.33 Å². The van der Waals surface area contributed by atoms with Gasteiger partial charge >= 0.3 is 18.9 Å². The van der Waals surface area contributed by atoms with Gasteiger partial charge in [-0.15, -0.1) is 0 Å². The summed E-state index contributed by atoms with van der Waals surface area (Å²) < 4.78 is 0. The van der Waals surface area contributed by atoms with Crippen LogP contribution in [0.3, 0.4) is 0 Å². The first-order chi connectivity index (χ1) is 5.09. The zero-order chi connectivity index (χ0) is 8.85. The van der Waals surface area contributed by atoms with Gasteiger partial charge in [0.2, 0.25) is 0 Å². The van der Waals surface area contributed by atoms with Gasteiger partial charge in [-0.2, -0.15) is 0 Å². The van der Waals surface area contributed by atoms with Crippen molar-refractivity contribution in [2.75, 3.05) is 14.1 Å². The number of hydrogen-bond acceptors (Lipinski definition) is 1. The third-order valence-electron chi connectivity index (χ3n) is 1.73. The Kier molecular flexibility index (Phi) is 9.03. The molecule has 0 spiro atoms. The van der Waals surface area contributed by atoms with Crippen molar-refractivity contribution in [2.45, 2.75) is 26.7 Å². The number of hydrogen-bond donors (Lipinski definition) is 0. The molecule has 0 amide bonds. The smallest absolute Gasteiger partial charge is 1.00 e. The summed E-state index contributed by atoms with van der Waals surface area (Å²) in [5.41, 5.74) is 2.40. The predicted molar refractivity (Wildman–Crippen MR) is 52.6 cm³/mol. The van der Waals surface area contributed by atoms with Gasteiger partial charge in [-0.05, 0) is 18.9 Å². The molecule has 0 saturated carbocycles. The average molecular weight is 161 g/mol. The van der Waals surface area contributed by atoms with Crippen molar-refractivity contribution in [1.29, 1.82) is 0 Å². The van der Waals surface area contributed by atoms with Gasteiger partial charge in [0.05, 0.1) is 0 Å². The fraction of sp³-hybridized carbons (Fsp3) is 0.600. The molecule has 0 N–H and O–H groups in total. The molecule has 0 aromatic rings. The van der Waals surface area contributed by atoms with Gasteiger partial charge in [0, 0.05) is 19.8 Å². The summed E-state index contributed by atoms with van der Waals surface area (Å²) in [6, 6.07) is 0. The quantitative estimate of drug-likeness (QED) is 0.412. The second-order valence-electron chi connectivity index (χ2n) is 3.02. The maximum Gasteiger partial charge on any atom is 1.00 e. The molecule has 0 fully saturated rings. The first-order valence-corrected chi connectivity index (χ1v) is 4.13. The average Bonchev–Trinajstić information content (AvgIpc) is 1.98. The Bertz CT molecular complexity index is 164. The maximum absolute atomic E-state index is 3.96. The van der Waals surface area contributed by atoms with Crippen molar-refractivity contribution in [3.8, 4) is 0 Å². The summed E-state index contributed by atoms with van der Waals surface area (Å²) in [5, 5.41) is 0. The van der Waals surface area contributed by atoms with Crippen LogP contribution in [0.2, 0.25) is 0 Å². The van der Waals surface area contributed by atoms with Crippen LogP contribution in [0.1, 0.15) is 28.1 Å². The van der Waals surface area contributed by atoms with Crippen molar-refractivity contribution >= 4 is 0 Å². The number of likely N-dealkylation sites (N-methyl/N-ethyl adjacent to an activating group) is 1. The SMILES string of the molecule is C=C(C(C)=CCCC)N(C)C.[H-].[Li+]. The monoisotopic (exact) mass is 161 g/mol. The molecular weight excluding hydrogens is 141 g/mol. The van der Waals surface area contributed by atoms with E-state index in [1.165, 1.54) is 12.0 Å². The van der Waals surface area contributed by atoms with Gasteiger partial charge in [-0.25, -0.2) is 0 Å². The zero-order valence-corrected chi connectivity index (χ0v) is 9.15. The van der Waals surface area contributed by atoms with E-state index in [1.54, 1.807) is 0 Å². The van der Waals surface area contributed by atoms with E-state index < -0.39 is 0 Å². The van der Waals surface area contributed by atoms with E-state index in [4.69, 9.17) is 0 Å². The first-order valence-electron chi connectivity index (χ1n) is 4.13. The summed E-state index contributed by atoms with van der Waals surface area (Å²) in [6.07, 6.45) is 4.60. The minimum atomic E-state index is 0. The molecule has 0 atom stereocenters. The van der Waals surface area contributed by atoms with Gasteiger partial charge in [0.1, 0.15) is 0 Å². The van der Waals surface area contributed by atoms with E-state index in [9.17, 15) is 0 Å². The van der Waals surface area contributed by atoms with Crippen LogP contribution in [0.5, 0.6) is 0 Å². The summed E-state index contributed by atoms with van der Waals surface area (Å²) in [4.78, 5) is 2.04. The molecule has 0 rings (SSSR count). The van der Waals surface area contributed by atoms with Crippen molar-refractivity contribution < 1.29 is 20.3 Å². The summed E-state index contributed by atoms with van der Waals surface area (Å²) in [6.45, 7) is 8.26. The van der Waals surface area contributed by atoms with Crippen LogP contribution in [0, 0.1) is 0 Å². The molecule has 0 heterocycles. The van der Waals surface area contributed by atoms with Crippen LogP contribution in [0.15, 0.2) is 23.9 Å². The van der Waals surface area contributed by atoms with E-state index in [1.807, 2.05) is 19.0 Å². The maximum atomic E-state index is 3.96. The normalized spacial score (nSPS) is 10.5. The van der Waals surface area contributed by atoms with Crippen molar-refractivity contribution in [3.63, 3.8) is 0 Å². The Morgan fingerprint density at radius 2 is 2.00 bits per heavy atom. The molecule has 66 valence electrons. The fourth-order valence-electron chi connectivity index (χ4n) is 0.831. The van der Waals surface area contributed by atoms with Crippen molar-refractivity contribution in [1.82, 2.24) is 4.90 Å². The summed E-state index contributed by atoms with van der Waals surface area (Å²) in [5.74, 6) is 0. The number of unbranched alkanes of at least 4 members (excludes halogenated alkanes) is 1. The summed E-state index contributed by atoms with van der Waals surface area (Å²) in [7, 11) is 4.04. The molecule has 0 aliphatic rings. The Morgan fingerprint density at radius 3 is 2.33 bits per heavy atom. The Balaban J connectivity index is -0.000000500. The predicted octanol–water partition coefficient (Wildman–Crippen LogP) is -0.0754. The molecule has 0 aliphatic carbocycles. The Morgan fingerprint density at radius 1 is 1.50 bits per heavy atom. The molecule has 12 heavy (non-hydrogen) atoms. The largest absolute Gasteiger partial charge is 1.00 e. The molecule has 0 radical (unpaired) electrons. The second kappa shape index (κ2) is 7.52. The molecule has 1 nitrogen and oxygen atoms in total. The van der Waals surface area contributed by atoms with Crippen LogP contribution in [-0.4, -0.2) is 19.0 Å². The van der Waals surface area contributed by atoms with E-state index in [2.05, 4.69) is 26.5 Å². The molecule has 0 aliphatic heterocycles. The molecule has 0 bridgehead atoms. The zero-order valence-electron chi connectivity index (χ0n) is 10.1. The van der Waals surface area contributed by atoms with Crippen molar-refractivity contribution in [3.05, 3.63) is 23.9 Å². The molecule has 0 aromatic carbocycles. The number of rotatable bonds is 4. The third kappa shape index (κ3) is 5.52. The number of nitrogens with zero attached hydrogens (tertiary/aromatic N) is 1. The Labute approximate surface area is 90.2 Å². The van der Waals surface area contributed by atoms with Gasteiger partial charge in [0.15, 0.2) is 0 Å². The van der Waals surface area contributed by atoms with Gasteiger partial charge in [-0.1, -0.05) is 26.0 Å². The van der Waals surface area contributed by atoms with E-state index in [0.717, 1.165) is 12.1 Å². The molecule has 0 saturated heterocycles. The minimum absolute atomic E-state index is 0. The first kappa shape index (κ1) is 14.4. The van der Waals surface area contributed by atoms with Gasteiger partial charge in [-0.3, -0.25) is 0 Å². The second-order valence-corrected chi connectivity index (χ2v) is 3.02. The topological polar surface area (TPSA) is 3.24 Å². The number of allylic oxidation sites excluding steroid dienone is 2. The third-order valence-corrected chi connectivity index (χ3v) is 1.73. The van der Waals surface area contributed by atoms with E-state index in [0.29, 0.717) is 0 Å². The summed E-state index contributed by atoms with van der Waals surface area (Å²) >= 11 is 0. The Hall–Kier alpha value is -0.123. The van der Waals surface area contributed by atoms with Gasteiger partial charge in [0.25, 0.3) is 0 Å². The van der Waals surface area contributed by atoms with Crippen LogP contribution in [0.4, 0.5) is 0 Å². The fourth-order valence-corrected chi connectivity index (χ4v) is 0.831. The molecule has 0 aromatic heterocycles. The standard InChI is InChI=1S/C10H19N.Li.H/c1-6-7-8-9(2)10(3)11(4)5;;/h8H,3,6-7H2,1-2,4-5H3;;/q;+1;-1. The van der Waals surface area contributed by atoms with E-state index in [-0.39, 0.29) is 20.3 Å². The van der Waals surface area contributed by atoms with Crippen LogP contribution in [0.25, 0.3) is 0 Å².